The maximum absolute atomic E-state index is 12.1. The molecule has 3 heteroatoms. The molecule has 0 aromatic rings. The molecule has 0 aromatic heterocycles. The summed E-state index contributed by atoms with van der Waals surface area (Å²) < 4.78 is 0. The van der Waals surface area contributed by atoms with Crippen LogP contribution in [0.1, 0.15) is 57.8 Å². The van der Waals surface area contributed by atoms with Gasteiger partial charge in [0.1, 0.15) is 0 Å². The summed E-state index contributed by atoms with van der Waals surface area (Å²) in [6.45, 7) is 0.887. The summed E-state index contributed by atoms with van der Waals surface area (Å²) in [5.74, 6) is 3.33. The first-order valence-electron chi connectivity index (χ1n) is 8.25. The minimum Gasteiger partial charge on any atom is -0.356 e. The number of rotatable bonds is 4. The predicted octanol–water partition coefficient (Wildman–Crippen LogP) is 2.45. The zero-order valence-electron chi connectivity index (χ0n) is 11.9. The van der Waals surface area contributed by atoms with Crippen LogP contribution >= 0.6 is 0 Å². The first kappa shape index (κ1) is 13.4. The Morgan fingerprint density at radius 3 is 2.68 bits per heavy atom. The predicted molar refractivity (Wildman–Crippen MR) is 76.5 cm³/mol. The molecule has 3 saturated carbocycles. The van der Waals surface area contributed by atoms with Crippen LogP contribution in [0.4, 0.5) is 0 Å². The van der Waals surface area contributed by atoms with Crippen molar-refractivity contribution in [2.24, 2.45) is 29.4 Å². The molecule has 0 aliphatic heterocycles. The van der Waals surface area contributed by atoms with Crippen molar-refractivity contribution >= 4 is 5.91 Å². The lowest BCUT2D eigenvalue weighted by Gasteiger charge is -2.26. The number of amides is 1. The van der Waals surface area contributed by atoms with Gasteiger partial charge in [0.05, 0.1) is 0 Å². The van der Waals surface area contributed by atoms with Crippen molar-refractivity contribution in [3.05, 3.63) is 0 Å². The van der Waals surface area contributed by atoms with Crippen molar-refractivity contribution in [2.45, 2.75) is 63.8 Å². The van der Waals surface area contributed by atoms with Crippen LogP contribution in [0.5, 0.6) is 0 Å². The van der Waals surface area contributed by atoms with E-state index < -0.39 is 0 Å². The summed E-state index contributed by atoms with van der Waals surface area (Å²) in [6.07, 6.45) is 11.1. The van der Waals surface area contributed by atoms with Gasteiger partial charge in [-0.1, -0.05) is 12.8 Å². The van der Waals surface area contributed by atoms with E-state index in [1.165, 1.54) is 32.1 Å². The van der Waals surface area contributed by atoms with E-state index in [0.29, 0.717) is 0 Å². The van der Waals surface area contributed by atoms with Crippen LogP contribution < -0.4 is 11.1 Å². The van der Waals surface area contributed by atoms with Crippen molar-refractivity contribution in [1.29, 1.82) is 0 Å². The Morgan fingerprint density at radius 2 is 2.00 bits per heavy atom. The Morgan fingerprint density at radius 1 is 1.11 bits per heavy atom. The minimum atomic E-state index is 0.184. The van der Waals surface area contributed by atoms with E-state index in [4.69, 9.17) is 5.73 Å². The van der Waals surface area contributed by atoms with Gasteiger partial charge in [-0.15, -0.1) is 0 Å². The fourth-order valence-electron chi connectivity index (χ4n) is 4.72. The molecule has 3 nitrogen and oxygen atoms in total. The van der Waals surface area contributed by atoms with Crippen LogP contribution in [-0.2, 0) is 4.79 Å². The summed E-state index contributed by atoms with van der Waals surface area (Å²) in [6, 6.07) is 0.245. The Kier molecular flexibility index (Phi) is 4.11. The average molecular weight is 264 g/mol. The van der Waals surface area contributed by atoms with Gasteiger partial charge in [-0.3, -0.25) is 4.79 Å². The molecule has 3 aliphatic rings. The average Bonchev–Trinajstić information content (AvgIpc) is 3.01. The van der Waals surface area contributed by atoms with Gasteiger partial charge in [0.15, 0.2) is 0 Å². The molecule has 3 aliphatic carbocycles. The molecule has 5 unspecified atom stereocenters. The third-order valence-corrected chi connectivity index (χ3v) is 5.78. The van der Waals surface area contributed by atoms with Crippen molar-refractivity contribution in [1.82, 2.24) is 5.32 Å². The highest BCUT2D eigenvalue weighted by molar-refractivity contribution is 5.78. The normalized spacial score (nSPS) is 41.4. The van der Waals surface area contributed by atoms with Gasteiger partial charge in [0, 0.05) is 18.5 Å². The van der Waals surface area contributed by atoms with Gasteiger partial charge in [0.25, 0.3) is 0 Å². The second-order valence-corrected chi connectivity index (χ2v) is 7.14. The fourth-order valence-corrected chi connectivity index (χ4v) is 4.72. The number of carbonyl (C=O) groups is 1. The Bertz CT molecular complexity index is 331. The monoisotopic (exact) mass is 264 g/mol. The van der Waals surface area contributed by atoms with E-state index in [2.05, 4.69) is 5.32 Å². The largest absolute Gasteiger partial charge is 0.356 e. The number of fused-ring (bicyclic) bond motifs is 2. The quantitative estimate of drug-likeness (QED) is 0.819. The Labute approximate surface area is 116 Å². The summed E-state index contributed by atoms with van der Waals surface area (Å²) in [4.78, 5) is 12.1. The highest BCUT2D eigenvalue weighted by atomic mass is 16.1. The van der Waals surface area contributed by atoms with Crippen LogP contribution in [0.3, 0.4) is 0 Å². The molecule has 1 amide bonds. The van der Waals surface area contributed by atoms with Gasteiger partial charge < -0.3 is 11.1 Å². The molecule has 0 aromatic carbocycles. The first-order chi connectivity index (χ1) is 9.22. The second-order valence-electron chi connectivity index (χ2n) is 7.14. The van der Waals surface area contributed by atoms with Crippen LogP contribution in [0.25, 0.3) is 0 Å². The molecule has 3 fully saturated rings. The minimum absolute atomic E-state index is 0.184. The number of hydrogen-bond donors (Lipinski definition) is 2. The van der Waals surface area contributed by atoms with Gasteiger partial charge in [-0.05, 0) is 62.7 Å². The number of nitrogens with two attached hydrogens (primary N) is 1. The Balaban J connectivity index is 1.36. The van der Waals surface area contributed by atoms with Gasteiger partial charge in [0.2, 0.25) is 5.91 Å². The molecular formula is C16H28N2O. The van der Waals surface area contributed by atoms with Crippen LogP contribution in [0, 0.1) is 23.7 Å². The van der Waals surface area contributed by atoms with Gasteiger partial charge in [-0.25, -0.2) is 0 Å². The molecule has 19 heavy (non-hydrogen) atoms. The van der Waals surface area contributed by atoms with Gasteiger partial charge in [-0.2, -0.15) is 0 Å². The van der Waals surface area contributed by atoms with Crippen molar-refractivity contribution in [3.63, 3.8) is 0 Å². The van der Waals surface area contributed by atoms with E-state index in [9.17, 15) is 4.79 Å². The van der Waals surface area contributed by atoms with Crippen LogP contribution in [0.15, 0.2) is 0 Å². The van der Waals surface area contributed by atoms with E-state index in [1.807, 2.05) is 0 Å². The van der Waals surface area contributed by atoms with Crippen molar-refractivity contribution in [2.75, 3.05) is 6.54 Å². The van der Waals surface area contributed by atoms with Gasteiger partial charge >= 0.3 is 0 Å². The summed E-state index contributed by atoms with van der Waals surface area (Å²) in [7, 11) is 0. The lowest BCUT2D eigenvalue weighted by Crippen LogP contribution is -2.38. The molecule has 108 valence electrons. The fraction of sp³-hybridized carbons (Fsp3) is 0.938. The van der Waals surface area contributed by atoms with Crippen LogP contribution in [-0.4, -0.2) is 18.5 Å². The van der Waals surface area contributed by atoms with Crippen LogP contribution in [0.2, 0.25) is 0 Å². The molecule has 0 spiro atoms. The number of hydrogen-bond acceptors (Lipinski definition) is 2. The maximum atomic E-state index is 12.1. The third-order valence-electron chi connectivity index (χ3n) is 5.78. The summed E-state index contributed by atoms with van der Waals surface area (Å²) >= 11 is 0. The Hall–Kier alpha value is -0.570. The van der Waals surface area contributed by atoms with E-state index in [0.717, 1.165) is 50.0 Å². The zero-order valence-corrected chi connectivity index (χ0v) is 11.9. The smallest absolute Gasteiger partial charge is 0.223 e. The molecule has 2 bridgehead atoms. The molecule has 3 rings (SSSR count). The summed E-state index contributed by atoms with van der Waals surface area (Å²) in [5.41, 5.74) is 5.95. The highest BCUT2D eigenvalue weighted by Gasteiger charge is 2.38. The highest BCUT2D eigenvalue weighted by Crippen LogP contribution is 2.49. The molecule has 0 radical (unpaired) electrons. The molecule has 5 atom stereocenters. The molecule has 0 saturated heterocycles. The van der Waals surface area contributed by atoms with Crippen molar-refractivity contribution < 1.29 is 4.79 Å². The number of carbonyl (C=O) groups excluding carboxylic acids is 1. The number of nitrogens with one attached hydrogen (secondary N) is 1. The lowest BCUT2D eigenvalue weighted by molar-refractivity contribution is -0.126. The van der Waals surface area contributed by atoms with Crippen molar-refractivity contribution in [3.8, 4) is 0 Å². The van der Waals surface area contributed by atoms with E-state index >= 15 is 0 Å². The standard InChI is InChI=1S/C16H28N2O/c17-15-3-1-2-14(10-15)16(19)18-7-6-13-9-11-4-5-12(13)8-11/h11-15H,1-10,17H2,(H,18,19). The molecule has 3 N–H and O–H groups in total. The maximum Gasteiger partial charge on any atom is 0.223 e. The second kappa shape index (κ2) is 5.82. The SMILES string of the molecule is NC1CCCC(C(=O)NCCC2CC3CCC2C3)C1. The lowest BCUT2D eigenvalue weighted by atomic mass is 9.85. The van der Waals surface area contributed by atoms with E-state index in [-0.39, 0.29) is 17.9 Å². The molecular weight excluding hydrogens is 236 g/mol. The molecule has 0 heterocycles. The first-order valence-corrected chi connectivity index (χ1v) is 8.25. The zero-order chi connectivity index (χ0) is 13.2. The third kappa shape index (κ3) is 3.13. The topological polar surface area (TPSA) is 55.1 Å². The summed E-state index contributed by atoms with van der Waals surface area (Å²) in [5, 5.41) is 3.16. The van der Waals surface area contributed by atoms with E-state index in [1.54, 1.807) is 0 Å².